The van der Waals surface area contributed by atoms with E-state index in [9.17, 15) is 0 Å². The number of rotatable bonds is 10. The molecule has 0 aliphatic rings. The van der Waals surface area contributed by atoms with E-state index in [2.05, 4.69) is 47.8 Å². The molecule has 0 radical (unpaired) electrons. The Kier molecular flexibility index (Phi) is 7.92. The molecule has 4 heteroatoms. The van der Waals surface area contributed by atoms with Crippen LogP contribution >= 0.6 is 0 Å². The average Bonchev–Trinajstić information content (AvgIpc) is 2.49. The summed E-state index contributed by atoms with van der Waals surface area (Å²) in [5, 5.41) is 3.44. The highest BCUT2D eigenvalue weighted by molar-refractivity contribution is 5.45. The number of pyridine rings is 1. The fourth-order valence-electron chi connectivity index (χ4n) is 1.99. The first-order valence-electron chi connectivity index (χ1n) is 7.27. The van der Waals surface area contributed by atoms with Crippen LogP contribution < -0.4 is 10.2 Å². The van der Waals surface area contributed by atoms with Crippen molar-refractivity contribution in [1.29, 1.82) is 0 Å². The van der Waals surface area contributed by atoms with Crippen LogP contribution in [0, 0.1) is 0 Å². The van der Waals surface area contributed by atoms with E-state index >= 15 is 0 Å². The highest BCUT2D eigenvalue weighted by atomic mass is 16.5. The SMILES string of the molecule is C=CCN(CCOC)c1ccc(C(C)NCCC)nc1. The lowest BCUT2D eigenvalue weighted by Crippen LogP contribution is -2.27. The van der Waals surface area contributed by atoms with Gasteiger partial charge in [0.15, 0.2) is 0 Å². The van der Waals surface area contributed by atoms with E-state index in [1.165, 1.54) is 0 Å². The summed E-state index contributed by atoms with van der Waals surface area (Å²) in [6.45, 7) is 11.5. The minimum absolute atomic E-state index is 0.288. The van der Waals surface area contributed by atoms with E-state index < -0.39 is 0 Å². The largest absolute Gasteiger partial charge is 0.383 e. The summed E-state index contributed by atoms with van der Waals surface area (Å²) < 4.78 is 5.14. The molecule has 0 aliphatic carbocycles. The van der Waals surface area contributed by atoms with Crippen molar-refractivity contribution in [1.82, 2.24) is 10.3 Å². The molecule has 112 valence electrons. The highest BCUT2D eigenvalue weighted by Crippen LogP contribution is 2.16. The number of methoxy groups -OCH3 is 1. The lowest BCUT2D eigenvalue weighted by molar-refractivity contribution is 0.206. The third-order valence-electron chi connectivity index (χ3n) is 3.19. The second kappa shape index (κ2) is 9.50. The Morgan fingerprint density at radius 3 is 2.85 bits per heavy atom. The number of hydrogen-bond acceptors (Lipinski definition) is 4. The Labute approximate surface area is 122 Å². The first kappa shape index (κ1) is 16.7. The van der Waals surface area contributed by atoms with Gasteiger partial charge in [0.25, 0.3) is 0 Å². The molecule has 0 fully saturated rings. The van der Waals surface area contributed by atoms with Crippen LogP contribution in [0.4, 0.5) is 5.69 Å². The second-order valence-electron chi connectivity index (χ2n) is 4.84. The Morgan fingerprint density at radius 2 is 2.30 bits per heavy atom. The molecule has 20 heavy (non-hydrogen) atoms. The minimum atomic E-state index is 0.288. The highest BCUT2D eigenvalue weighted by Gasteiger charge is 2.08. The Hall–Kier alpha value is -1.39. The number of nitrogens with zero attached hydrogens (tertiary/aromatic N) is 2. The molecule has 0 aromatic carbocycles. The van der Waals surface area contributed by atoms with Crippen molar-refractivity contribution in [3.8, 4) is 0 Å². The summed E-state index contributed by atoms with van der Waals surface area (Å²) in [4.78, 5) is 6.77. The van der Waals surface area contributed by atoms with Gasteiger partial charge in [0, 0.05) is 26.2 Å². The number of nitrogens with one attached hydrogen (secondary N) is 1. The summed E-state index contributed by atoms with van der Waals surface area (Å²) in [6, 6.07) is 4.49. The summed E-state index contributed by atoms with van der Waals surface area (Å²) in [6.07, 6.45) is 4.96. The Bertz CT molecular complexity index is 378. The molecule has 0 saturated carbocycles. The van der Waals surface area contributed by atoms with Gasteiger partial charge in [0.05, 0.1) is 24.2 Å². The molecule has 0 spiro atoms. The standard InChI is InChI=1S/C16H27N3O/c1-5-9-17-14(3)16-8-7-15(13-18-16)19(10-6-2)11-12-20-4/h6-8,13-14,17H,2,5,9-12H2,1,3-4H3. The van der Waals surface area contributed by atoms with Gasteiger partial charge in [-0.25, -0.2) is 0 Å². The molecule has 1 unspecified atom stereocenters. The summed E-state index contributed by atoms with van der Waals surface area (Å²) in [5.74, 6) is 0. The normalized spacial score (nSPS) is 12.2. The van der Waals surface area contributed by atoms with Crippen molar-refractivity contribution in [2.45, 2.75) is 26.3 Å². The molecule has 1 atom stereocenters. The van der Waals surface area contributed by atoms with Crippen LogP contribution in [0.25, 0.3) is 0 Å². The van der Waals surface area contributed by atoms with Crippen LogP contribution in [-0.4, -0.2) is 38.3 Å². The smallest absolute Gasteiger partial charge is 0.0637 e. The van der Waals surface area contributed by atoms with Crippen molar-refractivity contribution in [2.24, 2.45) is 0 Å². The lowest BCUT2D eigenvalue weighted by atomic mass is 10.2. The molecule has 0 bridgehead atoms. The number of anilines is 1. The van der Waals surface area contributed by atoms with Crippen molar-refractivity contribution in [2.75, 3.05) is 38.3 Å². The topological polar surface area (TPSA) is 37.4 Å². The molecule has 1 heterocycles. The van der Waals surface area contributed by atoms with Gasteiger partial charge in [-0.15, -0.1) is 6.58 Å². The predicted octanol–water partition coefficient (Wildman–Crippen LogP) is 2.78. The molecule has 4 nitrogen and oxygen atoms in total. The van der Waals surface area contributed by atoms with E-state index in [1.807, 2.05) is 12.3 Å². The first-order valence-corrected chi connectivity index (χ1v) is 7.27. The van der Waals surface area contributed by atoms with Gasteiger partial charge in [0.1, 0.15) is 0 Å². The van der Waals surface area contributed by atoms with Gasteiger partial charge < -0.3 is 15.0 Å². The third-order valence-corrected chi connectivity index (χ3v) is 3.19. The molecule has 1 aromatic heterocycles. The van der Waals surface area contributed by atoms with Crippen LogP contribution in [0.5, 0.6) is 0 Å². The maximum absolute atomic E-state index is 5.14. The van der Waals surface area contributed by atoms with Gasteiger partial charge in [-0.05, 0) is 32.0 Å². The van der Waals surface area contributed by atoms with Crippen molar-refractivity contribution >= 4 is 5.69 Å². The van der Waals surface area contributed by atoms with Crippen LogP contribution in [0.2, 0.25) is 0 Å². The number of hydrogen-bond donors (Lipinski definition) is 1. The quantitative estimate of drug-likeness (QED) is 0.667. The minimum Gasteiger partial charge on any atom is -0.383 e. The first-order chi connectivity index (χ1) is 9.72. The zero-order valence-corrected chi connectivity index (χ0v) is 12.9. The number of ether oxygens (including phenoxy) is 1. The van der Waals surface area contributed by atoms with Gasteiger partial charge in [-0.1, -0.05) is 13.0 Å². The van der Waals surface area contributed by atoms with Crippen molar-refractivity contribution in [3.63, 3.8) is 0 Å². The maximum atomic E-state index is 5.14. The zero-order valence-electron chi connectivity index (χ0n) is 12.9. The van der Waals surface area contributed by atoms with Gasteiger partial charge in [-0.3, -0.25) is 4.98 Å². The van der Waals surface area contributed by atoms with E-state index in [-0.39, 0.29) is 6.04 Å². The molecule has 1 aromatic rings. The summed E-state index contributed by atoms with van der Waals surface area (Å²) in [5.41, 5.74) is 2.18. The molecular weight excluding hydrogens is 250 g/mol. The van der Waals surface area contributed by atoms with Gasteiger partial charge >= 0.3 is 0 Å². The van der Waals surface area contributed by atoms with E-state index in [0.29, 0.717) is 6.61 Å². The van der Waals surface area contributed by atoms with Crippen molar-refractivity contribution < 1.29 is 4.74 Å². The monoisotopic (exact) mass is 277 g/mol. The molecular formula is C16H27N3O. The average molecular weight is 277 g/mol. The van der Waals surface area contributed by atoms with Crippen molar-refractivity contribution in [3.05, 3.63) is 36.7 Å². The Morgan fingerprint density at radius 1 is 1.50 bits per heavy atom. The Balaban J connectivity index is 2.69. The molecule has 1 N–H and O–H groups in total. The van der Waals surface area contributed by atoms with Gasteiger partial charge in [-0.2, -0.15) is 0 Å². The number of aromatic nitrogens is 1. The van der Waals surface area contributed by atoms with Crippen LogP contribution in [0.1, 0.15) is 32.0 Å². The van der Waals surface area contributed by atoms with Crippen LogP contribution in [-0.2, 0) is 4.74 Å². The fraction of sp³-hybridized carbons (Fsp3) is 0.562. The van der Waals surface area contributed by atoms with Crippen LogP contribution in [0.15, 0.2) is 31.0 Å². The maximum Gasteiger partial charge on any atom is 0.0637 e. The molecule has 0 aliphatic heterocycles. The third kappa shape index (κ3) is 5.31. The summed E-state index contributed by atoms with van der Waals surface area (Å²) in [7, 11) is 1.72. The lowest BCUT2D eigenvalue weighted by Gasteiger charge is -2.23. The molecule has 0 saturated heterocycles. The summed E-state index contributed by atoms with van der Waals surface area (Å²) >= 11 is 0. The van der Waals surface area contributed by atoms with Crippen LogP contribution in [0.3, 0.4) is 0 Å². The van der Waals surface area contributed by atoms with E-state index in [0.717, 1.165) is 37.4 Å². The second-order valence-corrected chi connectivity index (χ2v) is 4.84. The fourth-order valence-corrected chi connectivity index (χ4v) is 1.99. The van der Waals surface area contributed by atoms with Gasteiger partial charge in [0.2, 0.25) is 0 Å². The predicted molar refractivity (Wildman–Crippen MR) is 85.2 cm³/mol. The van der Waals surface area contributed by atoms with E-state index in [4.69, 9.17) is 4.74 Å². The zero-order chi connectivity index (χ0) is 14.8. The van der Waals surface area contributed by atoms with E-state index in [1.54, 1.807) is 7.11 Å². The molecule has 1 rings (SSSR count). The molecule has 0 amide bonds.